The van der Waals surface area contributed by atoms with Crippen LogP contribution in [0.25, 0.3) is 6.08 Å². The van der Waals surface area contributed by atoms with Crippen LogP contribution < -0.4 is 14.2 Å². The van der Waals surface area contributed by atoms with E-state index < -0.39 is 0 Å². The van der Waals surface area contributed by atoms with Crippen molar-refractivity contribution in [1.82, 2.24) is 0 Å². The summed E-state index contributed by atoms with van der Waals surface area (Å²) in [7, 11) is 4.68. The molecule has 0 aliphatic carbocycles. The molecule has 0 spiro atoms. The standard InChI is InChI=1S/C18H20O4S/c1-5-13-7-9-17(23-13)14(19)8-6-12-10-15(20-2)18(22-4)16(11-12)21-3/h6-11H,5H2,1-4H3/b8-6+. The minimum Gasteiger partial charge on any atom is -0.493 e. The van der Waals surface area contributed by atoms with Crippen LogP contribution in [0.2, 0.25) is 0 Å². The zero-order chi connectivity index (χ0) is 16.8. The number of benzene rings is 1. The molecule has 1 heterocycles. The van der Waals surface area contributed by atoms with Gasteiger partial charge in [0, 0.05) is 4.88 Å². The highest BCUT2D eigenvalue weighted by molar-refractivity contribution is 7.14. The molecule has 0 bridgehead atoms. The number of carbonyl (C=O) groups excluding carboxylic acids is 1. The second kappa shape index (κ2) is 7.83. The molecule has 0 saturated heterocycles. The van der Waals surface area contributed by atoms with E-state index >= 15 is 0 Å². The van der Waals surface area contributed by atoms with Crippen LogP contribution in [0.15, 0.2) is 30.3 Å². The molecule has 0 unspecified atom stereocenters. The number of allylic oxidation sites excluding steroid dienone is 1. The molecule has 0 amide bonds. The maximum Gasteiger partial charge on any atom is 0.203 e. The minimum absolute atomic E-state index is 0.0107. The SMILES string of the molecule is CCc1ccc(C(=O)/C=C/c2cc(OC)c(OC)c(OC)c2)s1. The lowest BCUT2D eigenvalue weighted by Crippen LogP contribution is -1.96. The van der Waals surface area contributed by atoms with Gasteiger partial charge in [0.25, 0.3) is 0 Å². The van der Waals surface area contributed by atoms with Crippen LogP contribution in [0, 0.1) is 0 Å². The highest BCUT2D eigenvalue weighted by atomic mass is 32.1. The van der Waals surface area contributed by atoms with E-state index in [-0.39, 0.29) is 5.78 Å². The molecule has 1 aromatic heterocycles. The Kier molecular flexibility index (Phi) is 5.82. The molecule has 0 atom stereocenters. The van der Waals surface area contributed by atoms with Crippen molar-refractivity contribution in [3.05, 3.63) is 45.7 Å². The summed E-state index contributed by atoms with van der Waals surface area (Å²) in [5.74, 6) is 1.64. The Balaban J connectivity index is 2.26. The average molecular weight is 332 g/mol. The number of rotatable bonds is 7. The van der Waals surface area contributed by atoms with Gasteiger partial charge in [0.1, 0.15) is 0 Å². The van der Waals surface area contributed by atoms with Crippen LogP contribution in [0.5, 0.6) is 17.2 Å². The van der Waals surface area contributed by atoms with Gasteiger partial charge >= 0.3 is 0 Å². The van der Waals surface area contributed by atoms with Crippen LogP contribution >= 0.6 is 11.3 Å². The second-order valence-corrected chi connectivity index (χ2v) is 5.94. The number of aryl methyl sites for hydroxylation is 1. The van der Waals surface area contributed by atoms with Gasteiger partial charge in [0.2, 0.25) is 5.75 Å². The lowest BCUT2D eigenvalue weighted by atomic mass is 10.1. The molecule has 2 rings (SSSR count). The molecule has 1 aromatic carbocycles. The Morgan fingerprint density at radius 1 is 1.09 bits per heavy atom. The third-order valence-electron chi connectivity index (χ3n) is 3.37. The fourth-order valence-corrected chi connectivity index (χ4v) is 3.02. The fourth-order valence-electron chi connectivity index (χ4n) is 2.15. The van der Waals surface area contributed by atoms with Gasteiger partial charge < -0.3 is 14.2 Å². The molecule has 5 heteroatoms. The lowest BCUT2D eigenvalue weighted by molar-refractivity contribution is 0.105. The molecule has 122 valence electrons. The second-order valence-electron chi connectivity index (χ2n) is 4.78. The summed E-state index contributed by atoms with van der Waals surface area (Å²) in [6.45, 7) is 2.08. The van der Waals surface area contributed by atoms with Crippen LogP contribution in [0.3, 0.4) is 0 Å². The van der Waals surface area contributed by atoms with Crippen LogP contribution in [-0.2, 0) is 6.42 Å². The van der Waals surface area contributed by atoms with Crippen molar-refractivity contribution < 1.29 is 19.0 Å². The maximum absolute atomic E-state index is 12.2. The van der Waals surface area contributed by atoms with Crippen molar-refractivity contribution in [2.75, 3.05) is 21.3 Å². The summed E-state index contributed by atoms with van der Waals surface area (Å²) in [5.41, 5.74) is 0.806. The molecule has 4 nitrogen and oxygen atoms in total. The normalized spacial score (nSPS) is 10.8. The molecule has 0 N–H and O–H groups in total. The molecule has 2 aromatic rings. The summed E-state index contributed by atoms with van der Waals surface area (Å²) in [5, 5.41) is 0. The average Bonchev–Trinajstić information content (AvgIpc) is 3.07. The molecule has 0 saturated carbocycles. The monoisotopic (exact) mass is 332 g/mol. The van der Waals surface area contributed by atoms with Gasteiger partial charge in [-0.3, -0.25) is 4.79 Å². The topological polar surface area (TPSA) is 44.8 Å². The van der Waals surface area contributed by atoms with E-state index in [9.17, 15) is 4.79 Å². The van der Waals surface area contributed by atoms with E-state index in [1.54, 1.807) is 45.6 Å². The van der Waals surface area contributed by atoms with E-state index in [1.165, 1.54) is 16.2 Å². The number of hydrogen-bond acceptors (Lipinski definition) is 5. The zero-order valence-corrected chi connectivity index (χ0v) is 14.5. The summed E-state index contributed by atoms with van der Waals surface area (Å²) in [4.78, 5) is 14.2. The Hall–Kier alpha value is -2.27. The van der Waals surface area contributed by atoms with Gasteiger partial charge in [-0.1, -0.05) is 13.0 Å². The summed E-state index contributed by atoms with van der Waals surface area (Å²) in [6, 6.07) is 7.46. The molecule has 0 aliphatic rings. The van der Waals surface area contributed by atoms with Crippen molar-refractivity contribution in [1.29, 1.82) is 0 Å². The highest BCUT2D eigenvalue weighted by Crippen LogP contribution is 2.38. The van der Waals surface area contributed by atoms with Gasteiger partial charge in [-0.05, 0) is 42.3 Å². The number of methoxy groups -OCH3 is 3. The Labute approximate surface area is 140 Å². The first-order valence-corrected chi connectivity index (χ1v) is 8.05. The molecule has 23 heavy (non-hydrogen) atoms. The van der Waals surface area contributed by atoms with Crippen LogP contribution in [0.4, 0.5) is 0 Å². The van der Waals surface area contributed by atoms with Gasteiger partial charge in [0.05, 0.1) is 26.2 Å². The van der Waals surface area contributed by atoms with Crippen LogP contribution in [-0.4, -0.2) is 27.1 Å². The number of ketones is 1. The number of ether oxygens (including phenoxy) is 3. The summed E-state index contributed by atoms with van der Waals surface area (Å²) < 4.78 is 15.9. The van der Waals surface area contributed by atoms with Gasteiger partial charge in [-0.25, -0.2) is 0 Å². The van der Waals surface area contributed by atoms with Crippen molar-refractivity contribution >= 4 is 23.2 Å². The largest absolute Gasteiger partial charge is 0.493 e. The highest BCUT2D eigenvalue weighted by Gasteiger charge is 2.12. The predicted octanol–water partition coefficient (Wildman–Crippen LogP) is 4.23. The first-order chi connectivity index (χ1) is 11.1. The maximum atomic E-state index is 12.2. The van der Waals surface area contributed by atoms with E-state index in [4.69, 9.17) is 14.2 Å². The smallest absolute Gasteiger partial charge is 0.203 e. The van der Waals surface area contributed by atoms with Gasteiger partial charge in [0.15, 0.2) is 17.3 Å². The Morgan fingerprint density at radius 3 is 2.22 bits per heavy atom. The molecule has 0 fully saturated rings. The Bertz CT molecular complexity index is 691. The first kappa shape index (κ1) is 17.1. The van der Waals surface area contributed by atoms with Gasteiger partial charge in [-0.15, -0.1) is 11.3 Å². The van der Waals surface area contributed by atoms with Crippen LogP contribution in [0.1, 0.15) is 27.0 Å². The quantitative estimate of drug-likeness (QED) is 0.562. The number of thiophene rings is 1. The number of hydrogen-bond donors (Lipinski definition) is 0. The third-order valence-corrected chi connectivity index (χ3v) is 4.61. The van der Waals surface area contributed by atoms with E-state index in [0.717, 1.165) is 16.9 Å². The fraction of sp³-hybridized carbons (Fsp3) is 0.278. The molecular weight excluding hydrogens is 312 g/mol. The molecule has 0 aliphatic heterocycles. The van der Waals surface area contributed by atoms with E-state index in [1.807, 2.05) is 12.1 Å². The van der Waals surface area contributed by atoms with Crippen molar-refractivity contribution in [3.8, 4) is 17.2 Å². The first-order valence-electron chi connectivity index (χ1n) is 7.24. The van der Waals surface area contributed by atoms with E-state index in [0.29, 0.717) is 17.2 Å². The Morgan fingerprint density at radius 2 is 1.74 bits per heavy atom. The van der Waals surface area contributed by atoms with E-state index in [2.05, 4.69) is 6.92 Å². The van der Waals surface area contributed by atoms with Crippen molar-refractivity contribution in [2.24, 2.45) is 0 Å². The van der Waals surface area contributed by atoms with Gasteiger partial charge in [-0.2, -0.15) is 0 Å². The lowest BCUT2D eigenvalue weighted by Gasteiger charge is -2.12. The van der Waals surface area contributed by atoms with Crippen molar-refractivity contribution in [2.45, 2.75) is 13.3 Å². The summed E-state index contributed by atoms with van der Waals surface area (Å²) >= 11 is 1.53. The summed E-state index contributed by atoms with van der Waals surface area (Å²) in [6.07, 6.45) is 4.25. The van der Waals surface area contributed by atoms with Crippen molar-refractivity contribution in [3.63, 3.8) is 0 Å². The zero-order valence-electron chi connectivity index (χ0n) is 13.7. The molecule has 0 radical (unpaired) electrons. The minimum atomic E-state index is -0.0107. The predicted molar refractivity (Wildman–Crippen MR) is 93.2 cm³/mol. The number of carbonyl (C=O) groups is 1. The third kappa shape index (κ3) is 3.93. The molecular formula is C18H20O4S.